The summed E-state index contributed by atoms with van der Waals surface area (Å²) in [5.41, 5.74) is -0.118. The van der Waals surface area contributed by atoms with Gasteiger partial charge >= 0.3 is 17.9 Å². The van der Waals surface area contributed by atoms with Gasteiger partial charge in [-0.3, -0.25) is 29.2 Å². The highest BCUT2D eigenvalue weighted by Gasteiger charge is 2.35. The maximum absolute atomic E-state index is 14.1. The van der Waals surface area contributed by atoms with E-state index in [1.165, 1.54) is 36.4 Å². The summed E-state index contributed by atoms with van der Waals surface area (Å²) in [4.78, 5) is 80.9. The number of aromatic amines is 1. The predicted molar refractivity (Wildman–Crippen MR) is 155 cm³/mol. The third-order valence-electron chi connectivity index (χ3n) is 6.81. The minimum atomic E-state index is -1.65. The molecule has 0 fully saturated rings. The SMILES string of the molecule is CCN(Cc1ccc2nc(OC)[nH]c(=O)c2c1)N(C(=O)CC[C@H](NC(=O)c1ccccc1F)C(=O)O)[C@H](CCC(=O)O)C(=O)O. The van der Waals surface area contributed by atoms with Crippen LogP contribution in [-0.4, -0.2) is 90.8 Å². The van der Waals surface area contributed by atoms with Crippen molar-refractivity contribution in [2.24, 2.45) is 0 Å². The molecule has 1 aromatic heterocycles. The number of fused-ring (bicyclic) bond motifs is 1. The highest BCUT2D eigenvalue weighted by Crippen LogP contribution is 2.20. The second-order valence-electron chi connectivity index (χ2n) is 9.82. The Hall–Kier alpha value is -5.38. The number of carbonyl (C=O) groups is 5. The van der Waals surface area contributed by atoms with E-state index in [2.05, 4.69) is 15.3 Å². The second-order valence-corrected chi connectivity index (χ2v) is 9.82. The van der Waals surface area contributed by atoms with E-state index in [-0.39, 0.29) is 24.5 Å². The zero-order valence-electron chi connectivity index (χ0n) is 24.4. The standard InChI is InChI=1S/C29H32FN5O10/c1-3-34(15-16-8-9-20-18(14-16)26(40)33-29(32-20)45-2)35(22(28(43)44)11-13-24(37)38)23(36)12-10-21(27(41)42)31-25(39)17-6-4-5-7-19(17)30/h4-9,14,21-22H,3,10-13,15H2,1-2H3,(H,31,39)(H,37,38)(H,41,42)(H,43,44)(H,32,33,40)/t21-,22+/m0/s1. The van der Waals surface area contributed by atoms with Crippen LogP contribution < -0.4 is 15.6 Å². The Morgan fingerprint density at radius 1 is 1.02 bits per heavy atom. The van der Waals surface area contributed by atoms with Crippen molar-refractivity contribution in [3.63, 3.8) is 0 Å². The molecule has 0 spiro atoms. The summed E-state index contributed by atoms with van der Waals surface area (Å²) in [5, 5.41) is 33.5. The maximum atomic E-state index is 14.1. The Morgan fingerprint density at radius 3 is 2.33 bits per heavy atom. The number of carboxylic acids is 3. The largest absolute Gasteiger partial charge is 0.481 e. The molecule has 0 saturated carbocycles. The number of halogens is 1. The second kappa shape index (κ2) is 15.4. The number of amides is 2. The summed E-state index contributed by atoms with van der Waals surface area (Å²) in [7, 11) is 1.34. The normalized spacial score (nSPS) is 12.4. The summed E-state index contributed by atoms with van der Waals surface area (Å²) in [5.74, 6) is -7.09. The molecular weight excluding hydrogens is 597 g/mol. The number of aromatic nitrogens is 2. The van der Waals surface area contributed by atoms with Crippen LogP contribution in [0.15, 0.2) is 47.3 Å². The summed E-state index contributed by atoms with van der Waals surface area (Å²) < 4.78 is 19.0. The molecule has 0 bridgehead atoms. The number of hydrogen-bond acceptors (Lipinski definition) is 9. The topological polar surface area (TPSA) is 220 Å². The molecule has 0 aliphatic rings. The summed E-state index contributed by atoms with van der Waals surface area (Å²) in [6.07, 6.45) is -2.14. The number of hydrogen-bond donors (Lipinski definition) is 5. The number of aliphatic carboxylic acids is 3. The van der Waals surface area contributed by atoms with Gasteiger partial charge in [-0.25, -0.2) is 19.0 Å². The van der Waals surface area contributed by atoms with Crippen molar-refractivity contribution in [2.45, 2.75) is 51.2 Å². The van der Waals surface area contributed by atoms with Gasteiger partial charge < -0.3 is 25.4 Å². The average Bonchev–Trinajstić information content (AvgIpc) is 2.99. The third kappa shape index (κ3) is 8.82. The lowest BCUT2D eigenvalue weighted by molar-refractivity contribution is -0.171. The molecule has 0 unspecified atom stereocenters. The van der Waals surface area contributed by atoms with Crippen LogP contribution in [0.5, 0.6) is 6.01 Å². The van der Waals surface area contributed by atoms with Gasteiger partial charge in [0.25, 0.3) is 17.5 Å². The molecule has 0 saturated heterocycles. The molecular formula is C29H32FN5O10. The Bertz CT molecular complexity index is 1650. The summed E-state index contributed by atoms with van der Waals surface area (Å²) >= 11 is 0. The first kappa shape index (κ1) is 34.1. The molecule has 0 aliphatic heterocycles. The van der Waals surface area contributed by atoms with Gasteiger partial charge in [-0.2, -0.15) is 4.98 Å². The molecule has 5 N–H and O–H groups in total. The minimum Gasteiger partial charge on any atom is -0.481 e. The molecule has 1 heterocycles. The van der Waals surface area contributed by atoms with Crippen LogP contribution in [0, 0.1) is 5.82 Å². The van der Waals surface area contributed by atoms with Crippen LogP contribution in [0.3, 0.4) is 0 Å². The van der Waals surface area contributed by atoms with E-state index in [1.54, 1.807) is 13.0 Å². The Morgan fingerprint density at radius 2 is 1.73 bits per heavy atom. The fraction of sp³-hybridized carbons (Fsp3) is 0.345. The van der Waals surface area contributed by atoms with Crippen LogP contribution in [0.1, 0.15) is 48.5 Å². The minimum absolute atomic E-state index is 0.000282. The molecule has 2 atom stereocenters. The number of benzene rings is 2. The quantitative estimate of drug-likeness (QED) is 0.143. The molecule has 16 heteroatoms. The third-order valence-corrected chi connectivity index (χ3v) is 6.81. The molecule has 15 nitrogen and oxygen atoms in total. The molecule has 240 valence electrons. The van der Waals surface area contributed by atoms with Gasteiger partial charge in [-0.15, -0.1) is 0 Å². The van der Waals surface area contributed by atoms with Crippen molar-refractivity contribution < 1.29 is 48.4 Å². The van der Waals surface area contributed by atoms with E-state index < -0.39 is 84.4 Å². The van der Waals surface area contributed by atoms with Crippen molar-refractivity contribution in [3.8, 4) is 6.01 Å². The number of nitrogens with one attached hydrogen (secondary N) is 2. The van der Waals surface area contributed by atoms with E-state index in [0.717, 1.165) is 17.1 Å². The van der Waals surface area contributed by atoms with E-state index >= 15 is 0 Å². The molecule has 0 radical (unpaired) electrons. The van der Waals surface area contributed by atoms with Gasteiger partial charge in [0.05, 0.1) is 23.6 Å². The van der Waals surface area contributed by atoms with Gasteiger partial charge in [0.1, 0.15) is 17.9 Å². The zero-order chi connectivity index (χ0) is 33.3. The Kier molecular flexibility index (Phi) is 11.7. The molecule has 0 aliphatic carbocycles. The van der Waals surface area contributed by atoms with Crippen LogP contribution in [-0.2, 0) is 25.7 Å². The van der Waals surface area contributed by atoms with E-state index in [0.29, 0.717) is 11.1 Å². The number of nitrogens with zero attached hydrogens (tertiary/aromatic N) is 3. The number of ether oxygens (including phenoxy) is 1. The number of hydrazine groups is 1. The first-order valence-corrected chi connectivity index (χ1v) is 13.7. The lowest BCUT2D eigenvalue weighted by Crippen LogP contribution is -2.55. The number of H-pyrrole nitrogens is 1. The lowest BCUT2D eigenvalue weighted by Gasteiger charge is -2.38. The van der Waals surface area contributed by atoms with E-state index in [1.807, 2.05) is 0 Å². The van der Waals surface area contributed by atoms with Gasteiger partial charge in [0, 0.05) is 25.9 Å². The van der Waals surface area contributed by atoms with E-state index in [4.69, 9.17) is 4.74 Å². The highest BCUT2D eigenvalue weighted by atomic mass is 19.1. The van der Waals surface area contributed by atoms with Crippen LogP contribution in [0.25, 0.3) is 10.9 Å². The lowest BCUT2D eigenvalue weighted by atomic mass is 10.1. The fourth-order valence-electron chi connectivity index (χ4n) is 4.57. The smallest absolute Gasteiger partial charge is 0.328 e. The maximum Gasteiger partial charge on any atom is 0.328 e. The first-order valence-electron chi connectivity index (χ1n) is 13.7. The predicted octanol–water partition coefficient (Wildman–Crippen LogP) is 1.62. The first-order chi connectivity index (χ1) is 21.4. The van der Waals surface area contributed by atoms with E-state index in [9.17, 15) is 48.5 Å². The van der Waals surface area contributed by atoms with Gasteiger partial charge in [0.2, 0.25) is 5.91 Å². The van der Waals surface area contributed by atoms with Gasteiger partial charge in [-0.05, 0) is 42.7 Å². The monoisotopic (exact) mass is 629 g/mol. The number of carboxylic acid groups (broad SMARTS) is 3. The average molecular weight is 630 g/mol. The molecule has 3 rings (SSSR count). The fourth-order valence-corrected chi connectivity index (χ4v) is 4.57. The molecule has 45 heavy (non-hydrogen) atoms. The van der Waals surface area contributed by atoms with Crippen LogP contribution in [0.2, 0.25) is 0 Å². The van der Waals surface area contributed by atoms with Crippen LogP contribution in [0.4, 0.5) is 4.39 Å². The molecule has 2 aromatic carbocycles. The van der Waals surface area contributed by atoms with Gasteiger partial charge in [0.15, 0.2) is 0 Å². The Labute approximate surface area is 255 Å². The van der Waals surface area contributed by atoms with Crippen molar-refractivity contribution in [1.29, 1.82) is 0 Å². The number of rotatable bonds is 16. The Balaban J connectivity index is 1.90. The number of carbonyl (C=O) groups excluding carboxylic acids is 2. The highest BCUT2D eigenvalue weighted by molar-refractivity contribution is 5.97. The van der Waals surface area contributed by atoms with Crippen LogP contribution >= 0.6 is 0 Å². The number of methoxy groups -OCH3 is 1. The van der Waals surface area contributed by atoms with Crippen molar-refractivity contribution >= 4 is 40.6 Å². The van der Waals surface area contributed by atoms with Gasteiger partial charge in [-0.1, -0.05) is 25.1 Å². The summed E-state index contributed by atoms with van der Waals surface area (Å²) in [6, 6.07) is 6.25. The van der Waals surface area contributed by atoms with Crippen molar-refractivity contribution in [2.75, 3.05) is 13.7 Å². The van der Waals surface area contributed by atoms with Crippen molar-refractivity contribution in [3.05, 3.63) is 69.8 Å². The summed E-state index contributed by atoms with van der Waals surface area (Å²) in [6.45, 7) is 1.56. The van der Waals surface area contributed by atoms with Crippen molar-refractivity contribution in [1.82, 2.24) is 25.3 Å². The zero-order valence-corrected chi connectivity index (χ0v) is 24.4. The molecule has 2 amide bonds. The molecule has 3 aromatic rings.